The maximum atomic E-state index is 4.47. The van der Waals surface area contributed by atoms with Crippen molar-refractivity contribution in [2.45, 2.75) is 26.2 Å². The second-order valence-electron chi connectivity index (χ2n) is 4.67. The van der Waals surface area contributed by atoms with Gasteiger partial charge in [0, 0.05) is 16.7 Å². The normalized spacial score (nSPS) is 11.8. The molecule has 84 valence electrons. The van der Waals surface area contributed by atoms with Crippen LogP contribution in [0.25, 0.3) is 11.3 Å². The summed E-state index contributed by atoms with van der Waals surface area (Å²) in [5, 5.41) is 10.5. The summed E-state index contributed by atoms with van der Waals surface area (Å²) < 4.78 is 0.818. The molecule has 0 bridgehead atoms. The predicted octanol–water partition coefficient (Wildman–Crippen LogP) is 2.93. The lowest BCUT2D eigenvalue weighted by Gasteiger charge is -2.18. The summed E-state index contributed by atoms with van der Waals surface area (Å²) in [7, 11) is 0. The molecule has 5 heteroatoms. The van der Waals surface area contributed by atoms with Crippen LogP contribution in [0.15, 0.2) is 22.9 Å². The molecule has 0 saturated carbocycles. The minimum absolute atomic E-state index is 0.0161. The van der Waals surface area contributed by atoms with Gasteiger partial charge in [-0.05, 0) is 28.1 Å². The van der Waals surface area contributed by atoms with Crippen molar-refractivity contribution in [1.29, 1.82) is 0 Å². The van der Waals surface area contributed by atoms with Crippen LogP contribution in [0.4, 0.5) is 0 Å². The van der Waals surface area contributed by atoms with E-state index in [1.165, 1.54) is 0 Å². The third-order valence-electron chi connectivity index (χ3n) is 2.27. The van der Waals surface area contributed by atoms with Crippen molar-refractivity contribution in [3.05, 3.63) is 28.6 Å². The van der Waals surface area contributed by atoms with Gasteiger partial charge < -0.3 is 0 Å². The molecule has 0 aliphatic rings. The molecule has 4 nitrogen and oxygen atoms in total. The molecular weight excluding hydrogens is 268 g/mol. The van der Waals surface area contributed by atoms with Gasteiger partial charge in [-0.3, -0.25) is 0 Å². The molecule has 0 atom stereocenters. The Balaban J connectivity index is 2.53. The van der Waals surface area contributed by atoms with Gasteiger partial charge in [-0.2, -0.15) is 15.4 Å². The van der Waals surface area contributed by atoms with Crippen molar-refractivity contribution in [3.63, 3.8) is 0 Å². The van der Waals surface area contributed by atoms with Crippen LogP contribution in [0.2, 0.25) is 0 Å². The Morgan fingerprint density at radius 2 is 2.00 bits per heavy atom. The summed E-state index contributed by atoms with van der Waals surface area (Å²) in [5.41, 5.74) is 2.89. The average molecular weight is 281 g/mol. The number of hydrogen-bond acceptors (Lipinski definition) is 3. The zero-order valence-electron chi connectivity index (χ0n) is 9.45. The highest BCUT2D eigenvalue weighted by atomic mass is 79.9. The first-order chi connectivity index (χ1) is 7.47. The second-order valence-corrected chi connectivity index (χ2v) is 5.48. The Morgan fingerprint density at radius 3 is 2.56 bits per heavy atom. The lowest BCUT2D eigenvalue weighted by Crippen LogP contribution is -2.13. The number of pyridine rings is 1. The van der Waals surface area contributed by atoms with Crippen LogP contribution in [0, 0.1) is 0 Å². The smallest absolute Gasteiger partial charge is 0.112 e. The number of aromatic amines is 1. The number of H-pyrrole nitrogens is 1. The Kier molecular flexibility index (Phi) is 2.80. The SMILES string of the molecule is CC(C)(C)c1cc(-c2cn[nH]n2)cc(Br)n1. The summed E-state index contributed by atoms with van der Waals surface area (Å²) in [6.07, 6.45) is 1.70. The van der Waals surface area contributed by atoms with Gasteiger partial charge in [-0.25, -0.2) is 4.98 Å². The maximum absolute atomic E-state index is 4.47. The van der Waals surface area contributed by atoms with Gasteiger partial charge in [0.2, 0.25) is 0 Å². The van der Waals surface area contributed by atoms with Crippen LogP contribution in [-0.2, 0) is 5.41 Å². The minimum Gasteiger partial charge on any atom is -0.245 e. The number of hydrogen-bond donors (Lipinski definition) is 1. The summed E-state index contributed by atoms with van der Waals surface area (Å²) in [4.78, 5) is 4.47. The average Bonchev–Trinajstić information content (AvgIpc) is 2.68. The van der Waals surface area contributed by atoms with Crippen molar-refractivity contribution >= 4 is 15.9 Å². The number of nitrogens with one attached hydrogen (secondary N) is 1. The predicted molar refractivity (Wildman–Crippen MR) is 66.0 cm³/mol. The highest BCUT2D eigenvalue weighted by molar-refractivity contribution is 9.10. The molecule has 2 aromatic heterocycles. The van der Waals surface area contributed by atoms with E-state index in [9.17, 15) is 0 Å². The Hall–Kier alpha value is -1.23. The molecular formula is C11H13BrN4. The van der Waals surface area contributed by atoms with Gasteiger partial charge >= 0.3 is 0 Å². The molecule has 0 radical (unpaired) electrons. The largest absolute Gasteiger partial charge is 0.245 e. The summed E-state index contributed by atoms with van der Waals surface area (Å²) in [6.45, 7) is 6.40. The lowest BCUT2D eigenvalue weighted by atomic mass is 9.90. The van der Waals surface area contributed by atoms with Gasteiger partial charge in [0.05, 0.1) is 6.20 Å². The lowest BCUT2D eigenvalue weighted by molar-refractivity contribution is 0.568. The van der Waals surface area contributed by atoms with Gasteiger partial charge in [0.15, 0.2) is 0 Å². The zero-order chi connectivity index (χ0) is 11.8. The quantitative estimate of drug-likeness (QED) is 0.818. The van der Waals surface area contributed by atoms with E-state index < -0.39 is 0 Å². The van der Waals surface area contributed by atoms with Crippen LogP contribution >= 0.6 is 15.9 Å². The topological polar surface area (TPSA) is 54.5 Å². The summed E-state index contributed by atoms with van der Waals surface area (Å²) in [5.74, 6) is 0. The van der Waals surface area contributed by atoms with E-state index >= 15 is 0 Å². The van der Waals surface area contributed by atoms with Crippen molar-refractivity contribution in [1.82, 2.24) is 20.4 Å². The molecule has 0 aromatic carbocycles. The van der Waals surface area contributed by atoms with E-state index in [0.29, 0.717) is 0 Å². The molecule has 0 amide bonds. The summed E-state index contributed by atoms with van der Waals surface area (Å²) >= 11 is 3.42. The third-order valence-corrected chi connectivity index (χ3v) is 2.68. The molecule has 0 spiro atoms. The van der Waals surface area contributed by atoms with E-state index in [0.717, 1.165) is 21.6 Å². The van der Waals surface area contributed by atoms with Crippen LogP contribution in [-0.4, -0.2) is 20.4 Å². The maximum Gasteiger partial charge on any atom is 0.112 e. The van der Waals surface area contributed by atoms with Gasteiger partial charge in [-0.15, -0.1) is 0 Å². The van der Waals surface area contributed by atoms with Crippen molar-refractivity contribution in [2.24, 2.45) is 0 Å². The number of halogens is 1. The fourth-order valence-corrected chi connectivity index (χ4v) is 1.81. The van der Waals surface area contributed by atoms with Crippen molar-refractivity contribution in [2.75, 3.05) is 0 Å². The molecule has 0 unspecified atom stereocenters. The van der Waals surface area contributed by atoms with E-state index in [2.05, 4.69) is 57.1 Å². The van der Waals surface area contributed by atoms with Gasteiger partial charge in [0.1, 0.15) is 10.3 Å². The highest BCUT2D eigenvalue weighted by Crippen LogP contribution is 2.27. The fraction of sp³-hybridized carbons (Fsp3) is 0.364. The third kappa shape index (κ3) is 2.29. The van der Waals surface area contributed by atoms with Crippen molar-refractivity contribution < 1.29 is 0 Å². The van der Waals surface area contributed by atoms with Gasteiger partial charge in [-0.1, -0.05) is 20.8 Å². The Morgan fingerprint density at radius 1 is 1.25 bits per heavy atom. The van der Waals surface area contributed by atoms with Gasteiger partial charge in [0.25, 0.3) is 0 Å². The van der Waals surface area contributed by atoms with E-state index in [4.69, 9.17) is 0 Å². The molecule has 0 fully saturated rings. The van der Waals surface area contributed by atoms with Crippen LogP contribution in [0.3, 0.4) is 0 Å². The van der Waals surface area contributed by atoms with Crippen LogP contribution in [0.1, 0.15) is 26.5 Å². The molecule has 1 N–H and O–H groups in total. The van der Waals surface area contributed by atoms with E-state index in [-0.39, 0.29) is 5.41 Å². The standard InChI is InChI=1S/C11H13BrN4/c1-11(2,3)9-4-7(5-10(12)14-9)8-6-13-16-15-8/h4-6H,1-3H3,(H,13,15,16). The summed E-state index contributed by atoms with van der Waals surface area (Å²) in [6, 6.07) is 3.98. The second kappa shape index (κ2) is 3.97. The first-order valence-electron chi connectivity index (χ1n) is 5.01. The number of nitrogens with zero attached hydrogens (tertiary/aromatic N) is 3. The molecule has 0 aliphatic carbocycles. The van der Waals surface area contributed by atoms with Crippen molar-refractivity contribution in [3.8, 4) is 11.3 Å². The number of rotatable bonds is 1. The molecule has 0 aliphatic heterocycles. The van der Waals surface area contributed by atoms with E-state index in [1.54, 1.807) is 6.20 Å². The first-order valence-corrected chi connectivity index (χ1v) is 5.80. The van der Waals surface area contributed by atoms with E-state index in [1.807, 2.05) is 12.1 Å². The Bertz CT molecular complexity index is 485. The zero-order valence-corrected chi connectivity index (χ0v) is 11.0. The Labute approximate surface area is 103 Å². The van der Waals surface area contributed by atoms with Crippen LogP contribution < -0.4 is 0 Å². The monoisotopic (exact) mass is 280 g/mol. The molecule has 2 aromatic rings. The molecule has 2 rings (SSSR count). The molecule has 16 heavy (non-hydrogen) atoms. The highest BCUT2D eigenvalue weighted by Gasteiger charge is 2.17. The molecule has 0 saturated heterocycles. The molecule has 2 heterocycles. The number of aromatic nitrogens is 4. The minimum atomic E-state index is 0.0161. The van der Waals surface area contributed by atoms with Crippen LogP contribution in [0.5, 0.6) is 0 Å². The first kappa shape index (κ1) is 11.3. The fourth-order valence-electron chi connectivity index (χ4n) is 1.37.